The molecular formula is C17H28N2O. The molecule has 0 saturated heterocycles. The van der Waals surface area contributed by atoms with Crippen LogP contribution in [0.1, 0.15) is 50.9 Å². The van der Waals surface area contributed by atoms with Crippen molar-refractivity contribution in [1.82, 2.24) is 4.90 Å². The van der Waals surface area contributed by atoms with Crippen LogP contribution in [0.15, 0.2) is 24.3 Å². The average Bonchev–Trinajstić information content (AvgIpc) is 2.48. The number of carbonyl (C=O) groups excluding carboxylic acids is 1. The maximum Gasteiger partial charge on any atom is 0.253 e. The molecule has 0 aliphatic rings. The summed E-state index contributed by atoms with van der Waals surface area (Å²) < 4.78 is 0. The maximum absolute atomic E-state index is 12.5. The second-order valence-electron chi connectivity index (χ2n) is 5.01. The SMILES string of the molecule is CCCN(CCC)C(=O)c1ccc(N(CC)CC)cc1. The van der Waals surface area contributed by atoms with Gasteiger partial charge >= 0.3 is 0 Å². The lowest BCUT2D eigenvalue weighted by atomic mass is 10.1. The molecule has 0 aliphatic carbocycles. The predicted octanol–water partition coefficient (Wildman–Crippen LogP) is 3.80. The van der Waals surface area contributed by atoms with E-state index in [0.717, 1.165) is 44.6 Å². The molecule has 20 heavy (non-hydrogen) atoms. The van der Waals surface area contributed by atoms with Crippen LogP contribution in [0, 0.1) is 0 Å². The molecule has 0 N–H and O–H groups in total. The minimum Gasteiger partial charge on any atom is -0.372 e. The van der Waals surface area contributed by atoms with Crippen LogP contribution < -0.4 is 4.90 Å². The van der Waals surface area contributed by atoms with E-state index in [2.05, 4.69) is 44.7 Å². The van der Waals surface area contributed by atoms with Crippen molar-refractivity contribution in [3.8, 4) is 0 Å². The molecule has 0 unspecified atom stereocenters. The van der Waals surface area contributed by atoms with E-state index >= 15 is 0 Å². The molecule has 0 aromatic heterocycles. The first-order valence-corrected chi connectivity index (χ1v) is 7.82. The molecule has 0 aliphatic heterocycles. The first kappa shape index (κ1) is 16.5. The second kappa shape index (κ2) is 8.62. The van der Waals surface area contributed by atoms with Crippen LogP contribution >= 0.6 is 0 Å². The topological polar surface area (TPSA) is 23.6 Å². The highest BCUT2D eigenvalue weighted by atomic mass is 16.2. The van der Waals surface area contributed by atoms with E-state index in [-0.39, 0.29) is 5.91 Å². The third-order valence-corrected chi connectivity index (χ3v) is 3.52. The normalized spacial score (nSPS) is 10.4. The summed E-state index contributed by atoms with van der Waals surface area (Å²) in [5.74, 6) is 0.153. The Morgan fingerprint density at radius 2 is 1.40 bits per heavy atom. The standard InChI is InChI=1S/C17H28N2O/c1-5-13-19(14-6-2)17(20)15-9-11-16(12-10-15)18(7-3)8-4/h9-12H,5-8,13-14H2,1-4H3. The van der Waals surface area contributed by atoms with Crippen LogP contribution in [-0.4, -0.2) is 37.0 Å². The van der Waals surface area contributed by atoms with Gasteiger partial charge in [0.05, 0.1) is 0 Å². The molecule has 3 nitrogen and oxygen atoms in total. The number of anilines is 1. The summed E-state index contributed by atoms with van der Waals surface area (Å²) in [6.45, 7) is 12.2. The van der Waals surface area contributed by atoms with Gasteiger partial charge in [0.25, 0.3) is 5.91 Å². The maximum atomic E-state index is 12.5. The van der Waals surface area contributed by atoms with E-state index in [0.29, 0.717) is 0 Å². The fourth-order valence-corrected chi connectivity index (χ4v) is 2.44. The number of rotatable bonds is 8. The van der Waals surface area contributed by atoms with Gasteiger partial charge in [-0.05, 0) is 51.0 Å². The Kier molecular flexibility index (Phi) is 7.13. The van der Waals surface area contributed by atoms with E-state index in [1.54, 1.807) is 0 Å². The molecule has 0 heterocycles. The van der Waals surface area contributed by atoms with Gasteiger partial charge in [-0.2, -0.15) is 0 Å². The van der Waals surface area contributed by atoms with Crippen molar-refractivity contribution in [3.63, 3.8) is 0 Å². The predicted molar refractivity (Wildman–Crippen MR) is 86.5 cm³/mol. The Bertz CT molecular complexity index is 390. The Morgan fingerprint density at radius 3 is 1.80 bits per heavy atom. The monoisotopic (exact) mass is 276 g/mol. The third-order valence-electron chi connectivity index (χ3n) is 3.52. The van der Waals surface area contributed by atoms with Gasteiger partial charge in [0.2, 0.25) is 0 Å². The quantitative estimate of drug-likeness (QED) is 0.721. The minimum absolute atomic E-state index is 0.153. The summed E-state index contributed by atoms with van der Waals surface area (Å²) in [4.78, 5) is 16.7. The summed E-state index contributed by atoms with van der Waals surface area (Å²) in [6, 6.07) is 8.01. The number of carbonyl (C=O) groups is 1. The lowest BCUT2D eigenvalue weighted by molar-refractivity contribution is 0.0755. The van der Waals surface area contributed by atoms with Crippen molar-refractivity contribution >= 4 is 11.6 Å². The van der Waals surface area contributed by atoms with E-state index < -0.39 is 0 Å². The molecule has 1 rings (SSSR count). The zero-order valence-corrected chi connectivity index (χ0v) is 13.4. The highest BCUT2D eigenvalue weighted by Gasteiger charge is 2.14. The zero-order chi connectivity index (χ0) is 15.0. The van der Waals surface area contributed by atoms with E-state index in [1.807, 2.05) is 17.0 Å². The Morgan fingerprint density at radius 1 is 0.900 bits per heavy atom. The van der Waals surface area contributed by atoms with Crippen molar-refractivity contribution in [2.24, 2.45) is 0 Å². The molecule has 0 radical (unpaired) electrons. The van der Waals surface area contributed by atoms with E-state index in [4.69, 9.17) is 0 Å². The summed E-state index contributed by atoms with van der Waals surface area (Å²) in [5, 5.41) is 0. The summed E-state index contributed by atoms with van der Waals surface area (Å²) in [5.41, 5.74) is 1.98. The first-order chi connectivity index (χ1) is 9.67. The van der Waals surface area contributed by atoms with Crippen LogP contribution in [0.3, 0.4) is 0 Å². The lowest BCUT2D eigenvalue weighted by Gasteiger charge is -2.23. The van der Waals surface area contributed by atoms with Gasteiger partial charge in [-0.1, -0.05) is 13.8 Å². The summed E-state index contributed by atoms with van der Waals surface area (Å²) in [7, 11) is 0. The van der Waals surface area contributed by atoms with Crippen LogP contribution in [-0.2, 0) is 0 Å². The molecule has 0 fully saturated rings. The van der Waals surface area contributed by atoms with Crippen LogP contribution in [0.5, 0.6) is 0 Å². The number of hydrogen-bond donors (Lipinski definition) is 0. The molecule has 0 atom stereocenters. The first-order valence-electron chi connectivity index (χ1n) is 7.82. The number of amides is 1. The molecule has 3 heteroatoms. The van der Waals surface area contributed by atoms with Crippen molar-refractivity contribution in [2.45, 2.75) is 40.5 Å². The highest BCUT2D eigenvalue weighted by Crippen LogP contribution is 2.16. The van der Waals surface area contributed by atoms with E-state index in [9.17, 15) is 4.79 Å². The van der Waals surface area contributed by atoms with Crippen molar-refractivity contribution in [1.29, 1.82) is 0 Å². The number of hydrogen-bond acceptors (Lipinski definition) is 2. The molecule has 112 valence electrons. The average molecular weight is 276 g/mol. The molecule has 0 saturated carbocycles. The Hall–Kier alpha value is -1.51. The Labute approximate surface area is 123 Å². The van der Waals surface area contributed by atoms with Gasteiger partial charge in [0.1, 0.15) is 0 Å². The van der Waals surface area contributed by atoms with Gasteiger partial charge in [0, 0.05) is 37.4 Å². The largest absolute Gasteiger partial charge is 0.372 e. The molecule has 1 aromatic rings. The fraction of sp³-hybridized carbons (Fsp3) is 0.588. The van der Waals surface area contributed by atoms with Gasteiger partial charge < -0.3 is 9.80 Å². The van der Waals surface area contributed by atoms with Crippen LogP contribution in [0.25, 0.3) is 0 Å². The smallest absolute Gasteiger partial charge is 0.253 e. The summed E-state index contributed by atoms with van der Waals surface area (Å²) in [6.07, 6.45) is 2.01. The highest BCUT2D eigenvalue weighted by molar-refractivity contribution is 5.94. The third kappa shape index (κ3) is 4.26. The minimum atomic E-state index is 0.153. The lowest BCUT2D eigenvalue weighted by Crippen LogP contribution is -2.32. The zero-order valence-electron chi connectivity index (χ0n) is 13.4. The van der Waals surface area contributed by atoms with Crippen molar-refractivity contribution < 1.29 is 4.79 Å². The molecular weight excluding hydrogens is 248 g/mol. The number of nitrogens with zero attached hydrogens (tertiary/aromatic N) is 2. The molecule has 1 aromatic carbocycles. The van der Waals surface area contributed by atoms with Gasteiger partial charge in [-0.3, -0.25) is 4.79 Å². The van der Waals surface area contributed by atoms with Crippen LogP contribution in [0.4, 0.5) is 5.69 Å². The molecule has 0 bridgehead atoms. The van der Waals surface area contributed by atoms with Gasteiger partial charge in [-0.15, -0.1) is 0 Å². The van der Waals surface area contributed by atoms with Crippen LogP contribution in [0.2, 0.25) is 0 Å². The van der Waals surface area contributed by atoms with Gasteiger partial charge in [0.15, 0.2) is 0 Å². The molecule has 0 spiro atoms. The van der Waals surface area contributed by atoms with Gasteiger partial charge in [-0.25, -0.2) is 0 Å². The van der Waals surface area contributed by atoms with Crippen molar-refractivity contribution in [3.05, 3.63) is 29.8 Å². The number of benzene rings is 1. The summed E-state index contributed by atoms with van der Waals surface area (Å²) >= 11 is 0. The Balaban J connectivity index is 2.83. The van der Waals surface area contributed by atoms with Crippen molar-refractivity contribution in [2.75, 3.05) is 31.1 Å². The molecule has 1 amide bonds. The second-order valence-corrected chi connectivity index (χ2v) is 5.01. The van der Waals surface area contributed by atoms with E-state index in [1.165, 1.54) is 5.69 Å². The fourth-order valence-electron chi connectivity index (χ4n) is 2.44.